The van der Waals surface area contributed by atoms with Gasteiger partial charge in [0.2, 0.25) is 0 Å². The number of hydrogen-bond donors (Lipinski definition) is 0. The Morgan fingerprint density at radius 2 is 1.56 bits per heavy atom. The molecular weight excluding hydrogens is 280 g/mol. The van der Waals surface area contributed by atoms with Gasteiger partial charge in [-0.25, -0.2) is 0 Å². The number of rotatable bonds is 10. The van der Waals surface area contributed by atoms with Crippen molar-refractivity contribution in [3.05, 3.63) is 12.7 Å². The quantitative estimate of drug-likeness (QED) is 0.459. The van der Waals surface area contributed by atoms with Gasteiger partial charge in [-0.15, -0.1) is 6.58 Å². The first-order chi connectivity index (χ1) is 8.34. The third kappa shape index (κ3) is 6.41. The summed E-state index contributed by atoms with van der Waals surface area (Å²) in [5.74, 6) is 0. The number of allylic oxidation sites excluding steroid dienone is 1. The molecule has 0 aliphatic heterocycles. The van der Waals surface area contributed by atoms with Gasteiger partial charge in [0.1, 0.15) is 0 Å². The van der Waals surface area contributed by atoms with Crippen molar-refractivity contribution in [1.82, 2.24) is 0 Å². The third-order valence-electron chi connectivity index (χ3n) is 2.85. The van der Waals surface area contributed by atoms with Gasteiger partial charge >= 0.3 is 8.80 Å². The third-order valence-corrected chi connectivity index (χ3v) is 12.0. The van der Waals surface area contributed by atoms with Crippen molar-refractivity contribution >= 4 is 26.2 Å². The fraction of sp³-hybridized carbons (Fsp3) is 0.818. The average molecular weight is 308 g/mol. The summed E-state index contributed by atoms with van der Waals surface area (Å²) in [6.45, 7) is 10.4. The monoisotopic (exact) mass is 307 g/mol. The lowest BCUT2D eigenvalue weighted by Crippen LogP contribution is -2.46. The van der Waals surface area contributed by atoms with Gasteiger partial charge in [-0.2, -0.15) is 0 Å². The van der Waals surface area contributed by atoms with Crippen molar-refractivity contribution in [3.8, 4) is 0 Å². The highest BCUT2D eigenvalue weighted by atomic mass is 28.4. The zero-order valence-corrected chi connectivity index (χ0v) is 15.5. The predicted molar refractivity (Wildman–Crippen MR) is 81.6 cm³/mol. The van der Waals surface area contributed by atoms with Gasteiger partial charge in [0.05, 0.1) is 0 Å². The molecule has 0 fully saturated rings. The van der Waals surface area contributed by atoms with E-state index in [9.17, 15) is 0 Å². The summed E-state index contributed by atoms with van der Waals surface area (Å²) >= 11 is 0. The second-order valence-corrected chi connectivity index (χ2v) is 14.6. The maximum atomic E-state index is 6.23. The molecular formula is C11H27O4Si3. The van der Waals surface area contributed by atoms with E-state index in [1.807, 2.05) is 6.08 Å². The normalized spacial score (nSPS) is 13.1. The van der Waals surface area contributed by atoms with Crippen LogP contribution in [0.4, 0.5) is 0 Å². The van der Waals surface area contributed by atoms with Crippen molar-refractivity contribution in [2.45, 2.75) is 37.8 Å². The first kappa shape index (κ1) is 18.2. The Labute approximate surface area is 116 Å². The van der Waals surface area contributed by atoms with Gasteiger partial charge in [0, 0.05) is 27.4 Å². The van der Waals surface area contributed by atoms with E-state index in [0.29, 0.717) is 0 Å². The summed E-state index contributed by atoms with van der Waals surface area (Å²) in [6, 6.07) is 2.80. The van der Waals surface area contributed by atoms with E-state index in [2.05, 4.69) is 26.2 Å². The molecule has 0 heterocycles. The van der Waals surface area contributed by atoms with Crippen molar-refractivity contribution in [2.24, 2.45) is 0 Å². The maximum absolute atomic E-state index is 6.23. The molecule has 18 heavy (non-hydrogen) atoms. The molecule has 0 amide bonds. The van der Waals surface area contributed by atoms with Gasteiger partial charge in [0.25, 0.3) is 0 Å². The van der Waals surface area contributed by atoms with Crippen molar-refractivity contribution in [2.75, 3.05) is 21.3 Å². The molecule has 0 saturated carbocycles. The molecule has 4 nitrogen and oxygen atoms in total. The Hall–Kier alpha value is 0.231. The predicted octanol–water partition coefficient (Wildman–Crippen LogP) is 2.89. The zero-order chi connectivity index (χ0) is 14.2. The lowest BCUT2D eigenvalue weighted by atomic mass is 10.8. The highest BCUT2D eigenvalue weighted by Crippen LogP contribution is 2.23. The van der Waals surface area contributed by atoms with Crippen LogP contribution in [0.25, 0.3) is 0 Å². The lowest BCUT2D eigenvalue weighted by Gasteiger charge is -2.30. The van der Waals surface area contributed by atoms with Crippen LogP contribution in [0.1, 0.15) is 0 Å². The van der Waals surface area contributed by atoms with E-state index >= 15 is 0 Å². The Bertz CT molecular complexity index is 236. The molecule has 0 atom stereocenters. The van der Waals surface area contributed by atoms with Crippen LogP contribution < -0.4 is 0 Å². The molecule has 0 aliphatic rings. The van der Waals surface area contributed by atoms with E-state index in [0.717, 1.165) is 18.1 Å². The average Bonchev–Trinajstić information content (AvgIpc) is 2.31. The zero-order valence-electron chi connectivity index (χ0n) is 12.5. The van der Waals surface area contributed by atoms with Crippen LogP contribution in [-0.2, 0) is 17.4 Å². The van der Waals surface area contributed by atoms with Crippen molar-refractivity contribution in [1.29, 1.82) is 0 Å². The summed E-state index contributed by atoms with van der Waals surface area (Å²) in [4.78, 5) is 0. The molecule has 0 spiro atoms. The Kier molecular flexibility index (Phi) is 8.52. The molecule has 0 N–H and O–H groups in total. The van der Waals surface area contributed by atoms with Crippen LogP contribution in [0.2, 0.25) is 37.8 Å². The molecule has 0 aromatic heterocycles. The first-order valence-electron chi connectivity index (χ1n) is 6.12. The highest BCUT2D eigenvalue weighted by molar-refractivity contribution is 6.79. The van der Waals surface area contributed by atoms with E-state index in [4.69, 9.17) is 17.4 Å². The molecule has 0 bridgehead atoms. The van der Waals surface area contributed by atoms with Gasteiger partial charge in [0.15, 0.2) is 17.4 Å². The Balaban J connectivity index is 4.35. The fourth-order valence-corrected chi connectivity index (χ4v) is 11.4. The minimum atomic E-state index is -2.45. The maximum Gasteiger partial charge on any atom is 0.499 e. The minimum Gasteiger partial charge on any atom is -0.455 e. The minimum absolute atomic E-state index is 0.747. The smallest absolute Gasteiger partial charge is 0.455 e. The molecule has 0 aromatic carbocycles. The highest BCUT2D eigenvalue weighted by Gasteiger charge is 2.40. The molecule has 0 rings (SSSR count). The van der Waals surface area contributed by atoms with Crippen LogP contribution in [0.3, 0.4) is 0 Å². The van der Waals surface area contributed by atoms with E-state index in [-0.39, 0.29) is 0 Å². The molecule has 0 saturated heterocycles. The topological polar surface area (TPSA) is 36.9 Å². The van der Waals surface area contributed by atoms with Gasteiger partial charge in [-0.1, -0.05) is 6.08 Å². The molecule has 0 unspecified atom stereocenters. The first-order valence-corrected chi connectivity index (χ1v) is 13.3. The summed E-state index contributed by atoms with van der Waals surface area (Å²) in [5.41, 5.74) is 0. The van der Waals surface area contributed by atoms with Crippen molar-refractivity contribution < 1.29 is 17.4 Å². The molecule has 0 aliphatic carbocycles. The van der Waals surface area contributed by atoms with Crippen LogP contribution in [0, 0.1) is 0 Å². The number of hydrogen-bond acceptors (Lipinski definition) is 4. The summed E-state index contributed by atoms with van der Waals surface area (Å²) < 4.78 is 22.5. The molecule has 0 aromatic rings. The van der Waals surface area contributed by atoms with Crippen molar-refractivity contribution in [3.63, 3.8) is 0 Å². The summed E-state index contributed by atoms with van der Waals surface area (Å²) in [7, 11) is 0.0941. The van der Waals surface area contributed by atoms with E-state index in [1.54, 1.807) is 21.3 Å². The Morgan fingerprint density at radius 1 is 1.06 bits per heavy atom. The fourth-order valence-electron chi connectivity index (χ4n) is 1.78. The molecule has 1 radical (unpaired) electrons. The largest absolute Gasteiger partial charge is 0.499 e. The van der Waals surface area contributed by atoms with Gasteiger partial charge in [-0.3, -0.25) is 0 Å². The van der Waals surface area contributed by atoms with E-state index in [1.165, 1.54) is 0 Å². The summed E-state index contributed by atoms with van der Waals surface area (Å²) in [6.07, 6.45) is 1.94. The molecule has 107 valence electrons. The summed E-state index contributed by atoms with van der Waals surface area (Å²) in [5, 5.41) is 0. The SMILES string of the molecule is C=CC[Si](C)O[Si](C)(C)CC[Si](OC)(OC)OC. The van der Waals surface area contributed by atoms with Crippen LogP contribution >= 0.6 is 0 Å². The van der Waals surface area contributed by atoms with Crippen LogP contribution in [0.15, 0.2) is 12.7 Å². The molecule has 7 heteroatoms. The van der Waals surface area contributed by atoms with Crippen LogP contribution in [0.5, 0.6) is 0 Å². The lowest BCUT2D eigenvalue weighted by molar-refractivity contribution is 0.125. The second-order valence-electron chi connectivity index (χ2n) is 4.85. The van der Waals surface area contributed by atoms with Gasteiger partial charge in [-0.05, 0) is 31.7 Å². The Morgan fingerprint density at radius 3 is 1.94 bits per heavy atom. The van der Waals surface area contributed by atoms with Crippen LogP contribution in [-0.4, -0.2) is 47.5 Å². The standard InChI is InChI=1S/C11H27O4Si3/c1-8-9-16(5)15-17(6,7)10-11-18(12-2,13-3)14-4/h8H,1,9-11H2,2-7H3. The van der Waals surface area contributed by atoms with E-state index < -0.39 is 26.2 Å². The van der Waals surface area contributed by atoms with Gasteiger partial charge < -0.3 is 17.4 Å². The second kappa shape index (κ2) is 8.41.